The van der Waals surface area contributed by atoms with E-state index in [9.17, 15) is 4.79 Å². The molecule has 1 N–H and O–H groups in total. The highest BCUT2D eigenvalue weighted by molar-refractivity contribution is 5.82. The van der Waals surface area contributed by atoms with Gasteiger partial charge in [-0.3, -0.25) is 0 Å². The molecular weight excluding hydrogens is 262 g/mol. The van der Waals surface area contributed by atoms with Gasteiger partial charge in [0.25, 0.3) is 0 Å². The van der Waals surface area contributed by atoms with Crippen molar-refractivity contribution < 1.29 is 9.53 Å². The molecule has 0 heterocycles. The number of hydrogen-bond donors (Lipinski definition) is 1. The number of rotatable bonds is 7. The molecule has 0 aromatic heterocycles. The van der Waals surface area contributed by atoms with Crippen molar-refractivity contribution >= 4 is 16.9 Å². The summed E-state index contributed by atoms with van der Waals surface area (Å²) in [6.07, 6.45) is 4.02. The fraction of sp³-hybridized carbons (Fsp3) is 0.389. The van der Waals surface area contributed by atoms with Crippen LogP contribution < -0.4 is 5.32 Å². The zero-order valence-corrected chi connectivity index (χ0v) is 12.6. The standard InChI is InChI=1S/C18H23NO2/c1-2-21-18(20)19-13-7-3-4-8-15-11-12-16-9-5-6-10-17(16)14-15/h5-6,9-12,14H,2-4,7-8,13H2,1H3,(H,19,20). The lowest BCUT2D eigenvalue weighted by Crippen LogP contribution is -2.25. The maximum atomic E-state index is 11.1. The molecule has 2 rings (SSSR count). The van der Waals surface area contributed by atoms with Crippen LogP contribution in [0.3, 0.4) is 0 Å². The minimum Gasteiger partial charge on any atom is -0.450 e. The highest BCUT2D eigenvalue weighted by Gasteiger charge is 1.99. The Labute approximate surface area is 126 Å². The minimum absolute atomic E-state index is 0.313. The Bertz CT molecular complexity index is 580. The first-order valence-corrected chi connectivity index (χ1v) is 7.68. The monoisotopic (exact) mass is 285 g/mol. The largest absolute Gasteiger partial charge is 0.450 e. The average Bonchev–Trinajstić information content (AvgIpc) is 2.51. The molecule has 2 aromatic rings. The van der Waals surface area contributed by atoms with Crippen molar-refractivity contribution in [3.63, 3.8) is 0 Å². The molecule has 0 spiro atoms. The molecule has 21 heavy (non-hydrogen) atoms. The van der Waals surface area contributed by atoms with Gasteiger partial charge in [0.2, 0.25) is 0 Å². The Hall–Kier alpha value is -2.03. The summed E-state index contributed by atoms with van der Waals surface area (Å²) in [6.45, 7) is 2.92. The number of alkyl carbamates (subject to hydrolysis) is 1. The highest BCUT2D eigenvalue weighted by Crippen LogP contribution is 2.17. The van der Waals surface area contributed by atoms with Crippen LogP contribution in [0.2, 0.25) is 0 Å². The SMILES string of the molecule is CCOC(=O)NCCCCCc1ccc2ccccc2c1. The predicted octanol–water partition coefficient (Wildman–Crippen LogP) is 4.30. The van der Waals surface area contributed by atoms with E-state index in [4.69, 9.17) is 4.74 Å². The van der Waals surface area contributed by atoms with Gasteiger partial charge in [-0.15, -0.1) is 0 Å². The Morgan fingerprint density at radius 1 is 1.05 bits per heavy atom. The fourth-order valence-electron chi connectivity index (χ4n) is 2.40. The number of hydrogen-bond acceptors (Lipinski definition) is 2. The van der Waals surface area contributed by atoms with E-state index in [1.54, 1.807) is 0 Å². The molecule has 0 saturated carbocycles. The van der Waals surface area contributed by atoms with Crippen molar-refractivity contribution in [2.45, 2.75) is 32.6 Å². The molecule has 112 valence electrons. The van der Waals surface area contributed by atoms with E-state index in [1.807, 2.05) is 6.92 Å². The molecule has 0 aliphatic heterocycles. The van der Waals surface area contributed by atoms with Gasteiger partial charge in [-0.25, -0.2) is 4.79 Å². The van der Waals surface area contributed by atoms with Crippen molar-refractivity contribution in [3.05, 3.63) is 48.0 Å². The summed E-state index contributed by atoms with van der Waals surface area (Å²) in [7, 11) is 0. The van der Waals surface area contributed by atoms with Crippen LogP contribution in [0.4, 0.5) is 4.79 Å². The summed E-state index contributed by atoms with van der Waals surface area (Å²) < 4.78 is 4.81. The van der Waals surface area contributed by atoms with Gasteiger partial charge in [-0.1, -0.05) is 48.9 Å². The van der Waals surface area contributed by atoms with E-state index < -0.39 is 0 Å². The summed E-state index contributed by atoms with van der Waals surface area (Å²) in [5.41, 5.74) is 1.38. The zero-order chi connectivity index (χ0) is 14.9. The second-order valence-corrected chi connectivity index (χ2v) is 5.14. The summed E-state index contributed by atoms with van der Waals surface area (Å²) in [4.78, 5) is 11.1. The number of unbranched alkanes of at least 4 members (excludes halogenated alkanes) is 2. The predicted molar refractivity (Wildman–Crippen MR) is 86.5 cm³/mol. The Balaban J connectivity index is 1.67. The summed E-state index contributed by atoms with van der Waals surface area (Å²) in [5.74, 6) is 0. The number of nitrogens with one attached hydrogen (secondary N) is 1. The molecule has 1 amide bonds. The molecule has 3 heteroatoms. The lowest BCUT2D eigenvalue weighted by atomic mass is 10.0. The van der Waals surface area contributed by atoms with Crippen molar-refractivity contribution in [2.75, 3.05) is 13.2 Å². The molecular formula is C18H23NO2. The summed E-state index contributed by atoms with van der Waals surface area (Å²) in [6, 6.07) is 15.1. The van der Waals surface area contributed by atoms with E-state index in [2.05, 4.69) is 47.8 Å². The normalized spacial score (nSPS) is 10.5. The number of aryl methyl sites for hydroxylation is 1. The minimum atomic E-state index is -0.313. The third kappa shape index (κ3) is 5.10. The Morgan fingerprint density at radius 3 is 2.67 bits per heavy atom. The summed E-state index contributed by atoms with van der Waals surface area (Å²) in [5, 5.41) is 5.34. The quantitative estimate of drug-likeness (QED) is 0.770. The number of fused-ring (bicyclic) bond motifs is 1. The van der Waals surface area contributed by atoms with E-state index >= 15 is 0 Å². The van der Waals surface area contributed by atoms with Gasteiger partial charge in [0.15, 0.2) is 0 Å². The number of carbonyl (C=O) groups excluding carboxylic acids is 1. The molecule has 3 nitrogen and oxygen atoms in total. The van der Waals surface area contributed by atoms with Crippen molar-refractivity contribution in [1.29, 1.82) is 0 Å². The van der Waals surface area contributed by atoms with Crippen LogP contribution in [-0.4, -0.2) is 19.2 Å². The van der Waals surface area contributed by atoms with Crippen LogP contribution in [0.5, 0.6) is 0 Å². The third-order valence-corrected chi connectivity index (χ3v) is 3.50. The van der Waals surface area contributed by atoms with Crippen molar-refractivity contribution in [2.24, 2.45) is 0 Å². The van der Waals surface area contributed by atoms with Crippen LogP contribution in [0.1, 0.15) is 31.7 Å². The van der Waals surface area contributed by atoms with Gasteiger partial charge in [0.1, 0.15) is 0 Å². The van der Waals surface area contributed by atoms with E-state index in [0.717, 1.165) is 25.7 Å². The lowest BCUT2D eigenvalue weighted by Gasteiger charge is -2.06. The van der Waals surface area contributed by atoms with E-state index in [1.165, 1.54) is 16.3 Å². The molecule has 0 aliphatic rings. The average molecular weight is 285 g/mol. The Morgan fingerprint density at radius 2 is 1.86 bits per heavy atom. The van der Waals surface area contributed by atoms with E-state index in [-0.39, 0.29) is 6.09 Å². The first-order valence-electron chi connectivity index (χ1n) is 7.68. The smallest absolute Gasteiger partial charge is 0.407 e. The number of carbonyl (C=O) groups is 1. The number of amides is 1. The van der Waals surface area contributed by atoms with Gasteiger partial charge in [-0.05, 0) is 42.5 Å². The number of benzene rings is 2. The molecule has 0 fully saturated rings. The van der Waals surface area contributed by atoms with Crippen LogP contribution in [0, 0.1) is 0 Å². The van der Waals surface area contributed by atoms with Gasteiger partial charge in [-0.2, -0.15) is 0 Å². The fourth-order valence-corrected chi connectivity index (χ4v) is 2.40. The lowest BCUT2D eigenvalue weighted by molar-refractivity contribution is 0.152. The molecule has 0 aliphatic carbocycles. The first kappa shape index (κ1) is 15.4. The highest BCUT2D eigenvalue weighted by atomic mass is 16.5. The van der Waals surface area contributed by atoms with Crippen LogP contribution >= 0.6 is 0 Å². The van der Waals surface area contributed by atoms with Crippen molar-refractivity contribution in [3.8, 4) is 0 Å². The van der Waals surface area contributed by atoms with E-state index in [0.29, 0.717) is 13.2 Å². The van der Waals surface area contributed by atoms with Gasteiger partial charge < -0.3 is 10.1 Å². The van der Waals surface area contributed by atoms with Crippen molar-refractivity contribution in [1.82, 2.24) is 5.32 Å². The molecule has 0 unspecified atom stereocenters. The topological polar surface area (TPSA) is 38.3 Å². The third-order valence-electron chi connectivity index (χ3n) is 3.50. The molecule has 0 radical (unpaired) electrons. The summed E-state index contributed by atoms with van der Waals surface area (Å²) >= 11 is 0. The molecule has 0 saturated heterocycles. The molecule has 0 bridgehead atoms. The van der Waals surface area contributed by atoms with Crippen LogP contribution in [0.25, 0.3) is 10.8 Å². The molecule has 2 aromatic carbocycles. The van der Waals surface area contributed by atoms with Gasteiger partial charge in [0.05, 0.1) is 6.61 Å². The number of ether oxygens (including phenoxy) is 1. The van der Waals surface area contributed by atoms with Crippen LogP contribution in [-0.2, 0) is 11.2 Å². The second-order valence-electron chi connectivity index (χ2n) is 5.14. The van der Waals surface area contributed by atoms with Gasteiger partial charge >= 0.3 is 6.09 Å². The zero-order valence-electron chi connectivity index (χ0n) is 12.6. The second kappa shape index (κ2) is 8.30. The maximum absolute atomic E-state index is 11.1. The maximum Gasteiger partial charge on any atom is 0.407 e. The Kier molecular flexibility index (Phi) is 6.07. The molecule has 0 atom stereocenters. The first-order chi connectivity index (χ1) is 10.3. The van der Waals surface area contributed by atoms with Gasteiger partial charge in [0, 0.05) is 6.54 Å². The van der Waals surface area contributed by atoms with Crippen LogP contribution in [0.15, 0.2) is 42.5 Å².